The molecular weight excluding hydrogens is 422 g/mol. The van der Waals surface area contributed by atoms with Crippen molar-refractivity contribution in [2.45, 2.75) is 26.7 Å². The quantitative estimate of drug-likeness (QED) is 0.376. The largest absolute Gasteiger partial charge is 0.493 e. The number of unbranched alkanes of at least 4 members (excludes halogenated alkanes) is 1. The van der Waals surface area contributed by atoms with Crippen LogP contribution in [-0.4, -0.2) is 28.3 Å². The van der Waals surface area contributed by atoms with Gasteiger partial charge in [-0.1, -0.05) is 66.7 Å². The van der Waals surface area contributed by atoms with Crippen molar-refractivity contribution in [2.75, 3.05) is 13.7 Å². The number of benzene rings is 2. The molecule has 4 rings (SSSR count). The van der Waals surface area contributed by atoms with Crippen LogP contribution in [0.15, 0.2) is 47.3 Å². The topological polar surface area (TPSA) is 65.7 Å². The summed E-state index contributed by atoms with van der Waals surface area (Å²) in [4.78, 5) is 17.9. The van der Waals surface area contributed by atoms with Crippen molar-refractivity contribution < 1.29 is 9.47 Å². The molecule has 32 heavy (non-hydrogen) atoms. The molecule has 0 saturated carbocycles. The molecule has 2 aromatic carbocycles. The van der Waals surface area contributed by atoms with Gasteiger partial charge in [0.2, 0.25) is 4.96 Å². The molecule has 0 bridgehead atoms. The molecular formula is C25H25N3O3S. The summed E-state index contributed by atoms with van der Waals surface area (Å²) in [6.07, 6.45) is 7.63. The predicted octanol–water partition coefficient (Wildman–Crippen LogP) is 4.37. The van der Waals surface area contributed by atoms with Gasteiger partial charge in [-0.15, -0.1) is 5.10 Å². The van der Waals surface area contributed by atoms with E-state index in [1.54, 1.807) is 7.11 Å². The third kappa shape index (κ3) is 4.89. The fourth-order valence-electron chi connectivity index (χ4n) is 3.14. The molecule has 0 N–H and O–H groups in total. The van der Waals surface area contributed by atoms with Crippen molar-refractivity contribution in [3.05, 3.63) is 79.9 Å². The molecule has 7 heteroatoms. The molecule has 0 unspecified atom stereocenters. The number of hydrogen-bond donors (Lipinski definition) is 0. The molecule has 2 heterocycles. The van der Waals surface area contributed by atoms with Crippen LogP contribution in [0, 0.1) is 6.92 Å². The third-order valence-corrected chi connectivity index (χ3v) is 5.90. The van der Waals surface area contributed by atoms with E-state index >= 15 is 0 Å². The van der Waals surface area contributed by atoms with Gasteiger partial charge in [0.1, 0.15) is 0 Å². The summed E-state index contributed by atoms with van der Waals surface area (Å²) in [6, 6.07) is 13.8. The zero-order chi connectivity index (χ0) is 22.5. The van der Waals surface area contributed by atoms with Gasteiger partial charge >= 0.3 is 0 Å². The minimum atomic E-state index is -0.185. The molecule has 0 atom stereocenters. The maximum atomic E-state index is 12.8. The smallest absolute Gasteiger partial charge is 0.291 e. The molecule has 0 saturated heterocycles. The Morgan fingerprint density at radius 3 is 2.56 bits per heavy atom. The van der Waals surface area contributed by atoms with Crippen molar-refractivity contribution in [3.8, 4) is 11.5 Å². The zero-order valence-corrected chi connectivity index (χ0v) is 19.2. The molecule has 2 aromatic heterocycles. The number of thiazole rings is 1. The molecule has 0 spiro atoms. The highest BCUT2D eigenvalue weighted by Gasteiger charge is 2.10. The van der Waals surface area contributed by atoms with E-state index in [-0.39, 0.29) is 5.56 Å². The highest BCUT2D eigenvalue weighted by molar-refractivity contribution is 7.15. The first kappa shape index (κ1) is 21.8. The number of nitrogens with zero attached hydrogens (tertiary/aromatic N) is 3. The van der Waals surface area contributed by atoms with Gasteiger partial charge in [0.05, 0.1) is 18.2 Å². The second kappa shape index (κ2) is 9.78. The van der Waals surface area contributed by atoms with E-state index in [1.807, 2.05) is 48.6 Å². The number of hydrogen-bond acceptors (Lipinski definition) is 6. The Bertz CT molecular complexity index is 1350. The van der Waals surface area contributed by atoms with E-state index in [4.69, 9.17) is 9.47 Å². The molecule has 0 fully saturated rings. The summed E-state index contributed by atoms with van der Waals surface area (Å²) in [5.74, 6) is 1.86. The summed E-state index contributed by atoms with van der Waals surface area (Å²) in [5, 5.41) is 4.35. The average Bonchev–Trinajstić information content (AvgIpc) is 3.33. The van der Waals surface area contributed by atoms with E-state index < -0.39 is 0 Å². The molecule has 0 aliphatic carbocycles. The van der Waals surface area contributed by atoms with Crippen LogP contribution in [0.5, 0.6) is 11.5 Å². The summed E-state index contributed by atoms with van der Waals surface area (Å²) < 4.78 is 13.2. The Morgan fingerprint density at radius 1 is 1.06 bits per heavy atom. The molecule has 164 valence electrons. The Balaban J connectivity index is 1.58. The van der Waals surface area contributed by atoms with Crippen LogP contribution in [0.1, 0.15) is 42.3 Å². The zero-order valence-electron chi connectivity index (χ0n) is 18.4. The molecule has 0 aliphatic rings. The van der Waals surface area contributed by atoms with Gasteiger partial charge in [0, 0.05) is 0 Å². The van der Waals surface area contributed by atoms with Crippen LogP contribution in [-0.2, 0) is 0 Å². The standard InChI is InChI=1S/C25H25N3O3S/c1-4-5-14-31-20-12-10-19(15-21(20)30-3)16-22-24(29)28-25(32-22)26-23(27-28)13-11-18-8-6-17(2)7-9-18/h6-13,15-16H,4-5,14H2,1-3H3/b13-11+,22-16+. The van der Waals surface area contributed by atoms with Crippen LogP contribution in [0.25, 0.3) is 23.2 Å². The summed E-state index contributed by atoms with van der Waals surface area (Å²) >= 11 is 1.31. The summed E-state index contributed by atoms with van der Waals surface area (Å²) in [7, 11) is 1.61. The lowest BCUT2D eigenvalue weighted by Gasteiger charge is -2.10. The highest BCUT2D eigenvalue weighted by Crippen LogP contribution is 2.28. The van der Waals surface area contributed by atoms with E-state index in [0.717, 1.165) is 24.0 Å². The van der Waals surface area contributed by atoms with Crippen LogP contribution in [0.4, 0.5) is 0 Å². The Morgan fingerprint density at radius 2 is 1.84 bits per heavy atom. The van der Waals surface area contributed by atoms with Crippen LogP contribution in [0.2, 0.25) is 0 Å². The number of rotatable bonds is 8. The first-order valence-electron chi connectivity index (χ1n) is 10.5. The fraction of sp³-hybridized carbons (Fsp3) is 0.240. The van der Waals surface area contributed by atoms with Crippen molar-refractivity contribution in [1.82, 2.24) is 14.6 Å². The first-order chi connectivity index (χ1) is 15.6. The second-order valence-electron chi connectivity index (χ2n) is 7.44. The van der Waals surface area contributed by atoms with Crippen molar-refractivity contribution in [1.29, 1.82) is 0 Å². The summed E-state index contributed by atoms with van der Waals surface area (Å²) in [5.41, 5.74) is 2.93. The van der Waals surface area contributed by atoms with E-state index in [0.29, 0.717) is 33.4 Å². The van der Waals surface area contributed by atoms with Crippen molar-refractivity contribution in [3.63, 3.8) is 0 Å². The highest BCUT2D eigenvalue weighted by atomic mass is 32.1. The number of aryl methyl sites for hydroxylation is 1. The SMILES string of the molecule is CCCCOc1ccc(/C=c2/sc3nc(/C=C/c4ccc(C)cc4)nn3c2=O)cc1OC. The molecule has 6 nitrogen and oxygen atoms in total. The van der Waals surface area contributed by atoms with E-state index in [1.165, 1.54) is 21.4 Å². The lowest BCUT2D eigenvalue weighted by Crippen LogP contribution is -2.23. The second-order valence-corrected chi connectivity index (χ2v) is 8.45. The van der Waals surface area contributed by atoms with Crippen LogP contribution >= 0.6 is 11.3 Å². The normalized spacial score (nSPS) is 12.2. The number of fused-ring (bicyclic) bond motifs is 1. The molecule has 4 aromatic rings. The predicted molar refractivity (Wildman–Crippen MR) is 129 cm³/mol. The van der Waals surface area contributed by atoms with Crippen LogP contribution < -0.4 is 19.6 Å². The van der Waals surface area contributed by atoms with Crippen molar-refractivity contribution in [2.24, 2.45) is 0 Å². The first-order valence-corrected chi connectivity index (χ1v) is 11.4. The van der Waals surface area contributed by atoms with Gasteiger partial charge in [-0.05, 0) is 48.8 Å². The number of ether oxygens (including phenoxy) is 2. The minimum absolute atomic E-state index is 0.185. The molecule has 0 aliphatic heterocycles. The van der Waals surface area contributed by atoms with E-state index in [9.17, 15) is 4.79 Å². The fourth-order valence-corrected chi connectivity index (χ4v) is 4.05. The van der Waals surface area contributed by atoms with Gasteiger partial charge in [0.25, 0.3) is 5.56 Å². The maximum absolute atomic E-state index is 12.8. The number of methoxy groups -OCH3 is 1. The molecule has 0 amide bonds. The lowest BCUT2D eigenvalue weighted by atomic mass is 10.1. The summed E-state index contributed by atoms with van der Waals surface area (Å²) in [6.45, 7) is 4.82. The van der Waals surface area contributed by atoms with Crippen LogP contribution in [0.3, 0.4) is 0 Å². The minimum Gasteiger partial charge on any atom is -0.493 e. The Kier molecular flexibility index (Phi) is 6.66. The maximum Gasteiger partial charge on any atom is 0.291 e. The average molecular weight is 448 g/mol. The monoisotopic (exact) mass is 447 g/mol. The third-order valence-electron chi connectivity index (χ3n) is 4.94. The van der Waals surface area contributed by atoms with Crippen molar-refractivity contribution >= 4 is 34.5 Å². The molecule has 0 radical (unpaired) electrons. The number of aromatic nitrogens is 3. The van der Waals surface area contributed by atoms with Gasteiger partial charge in [0.15, 0.2) is 17.3 Å². The van der Waals surface area contributed by atoms with Gasteiger partial charge in [-0.2, -0.15) is 9.50 Å². The van der Waals surface area contributed by atoms with Gasteiger partial charge < -0.3 is 9.47 Å². The van der Waals surface area contributed by atoms with E-state index in [2.05, 4.69) is 36.1 Å². The lowest BCUT2D eigenvalue weighted by molar-refractivity contribution is 0.288. The Labute approximate surface area is 190 Å². The van der Waals surface area contributed by atoms with Gasteiger partial charge in [-0.25, -0.2) is 0 Å². The van der Waals surface area contributed by atoms with Gasteiger partial charge in [-0.3, -0.25) is 4.79 Å². The Hall–Kier alpha value is -3.45.